The fourth-order valence-electron chi connectivity index (χ4n) is 1.71. The molecule has 1 N–H and O–H groups in total. The Morgan fingerprint density at radius 1 is 1.45 bits per heavy atom. The zero-order chi connectivity index (χ0) is 14.9. The molecule has 0 aliphatic carbocycles. The molecule has 0 saturated heterocycles. The first-order valence-corrected chi connectivity index (χ1v) is 5.89. The van der Waals surface area contributed by atoms with E-state index in [1.165, 1.54) is 0 Å². The second kappa shape index (κ2) is 5.35. The van der Waals surface area contributed by atoms with Crippen LogP contribution in [-0.2, 0) is 6.54 Å². The maximum Gasteiger partial charge on any atom is 0.358 e. The van der Waals surface area contributed by atoms with Crippen molar-refractivity contribution in [3.63, 3.8) is 0 Å². The van der Waals surface area contributed by atoms with Gasteiger partial charge in [-0.25, -0.2) is 18.3 Å². The van der Waals surface area contributed by atoms with Crippen LogP contribution in [0.5, 0.6) is 0 Å². The summed E-state index contributed by atoms with van der Waals surface area (Å²) >= 11 is 0. The van der Waals surface area contributed by atoms with Crippen molar-refractivity contribution >= 4 is 5.97 Å². The van der Waals surface area contributed by atoms with E-state index in [0.29, 0.717) is 5.69 Å². The van der Waals surface area contributed by atoms with Gasteiger partial charge in [0.15, 0.2) is 5.69 Å². The molecule has 0 aromatic carbocycles. The largest absolute Gasteiger partial charge is 0.476 e. The highest BCUT2D eigenvalue weighted by molar-refractivity contribution is 5.86. The average Bonchev–Trinajstić information content (AvgIpc) is 2.95. The summed E-state index contributed by atoms with van der Waals surface area (Å²) in [4.78, 5) is 10.8. The Kier molecular flexibility index (Phi) is 3.77. The van der Waals surface area contributed by atoms with E-state index in [4.69, 9.17) is 5.11 Å². The Hall–Kier alpha value is -2.32. The summed E-state index contributed by atoms with van der Waals surface area (Å²) < 4.78 is 28.4. The van der Waals surface area contributed by atoms with Gasteiger partial charge in [0.05, 0.1) is 12.2 Å². The molecule has 0 saturated carbocycles. The Balaban J connectivity index is 2.31. The first kappa shape index (κ1) is 14.1. The average molecular weight is 285 g/mol. The summed E-state index contributed by atoms with van der Waals surface area (Å²) in [6.45, 7) is 3.80. The molecule has 0 spiro atoms. The van der Waals surface area contributed by atoms with Crippen LogP contribution in [0.4, 0.5) is 8.78 Å². The topological polar surface area (TPSA) is 85.8 Å². The molecule has 0 aliphatic rings. The summed E-state index contributed by atoms with van der Waals surface area (Å²) in [5, 5.41) is 19.7. The van der Waals surface area contributed by atoms with Gasteiger partial charge >= 0.3 is 5.97 Å². The number of nitrogens with zero attached hydrogens (tertiary/aromatic N) is 5. The van der Waals surface area contributed by atoms with E-state index in [1.54, 1.807) is 16.9 Å². The molecule has 0 aliphatic heterocycles. The van der Waals surface area contributed by atoms with Crippen molar-refractivity contribution in [2.75, 3.05) is 0 Å². The van der Waals surface area contributed by atoms with Gasteiger partial charge in [0.1, 0.15) is 5.69 Å². The van der Waals surface area contributed by atoms with Crippen LogP contribution in [0, 0.1) is 0 Å². The second-order valence-corrected chi connectivity index (χ2v) is 4.47. The summed E-state index contributed by atoms with van der Waals surface area (Å²) in [5.74, 6) is -1.53. The maximum atomic E-state index is 12.9. The first-order valence-electron chi connectivity index (χ1n) is 5.89. The van der Waals surface area contributed by atoms with E-state index in [9.17, 15) is 13.6 Å². The van der Waals surface area contributed by atoms with Gasteiger partial charge in [-0.3, -0.25) is 4.68 Å². The number of carbonyl (C=O) groups is 1. The predicted octanol–water partition coefficient (Wildman–Crippen LogP) is 1.74. The van der Waals surface area contributed by atoms with E-state index in [0.717, 1.165) is 4.68 Å². The Morgan fingerprint density at radius 3 is 2.65 bits per heavy atom. The smallest absolute Gasteiger partial charge is 0.358 e. The number of halogens is 2. The highest BCUT2D eigenvalue weighted by atomic mass is 19.3. The Bertz CT molecular complexity index is 620. The standard InChI is InChI=1S/C11H13F2N5O2/c1-6(2)17-4-3-7(15-17)5-18-9(10(12)13)8(11(19)20)14-16-18/h3-4,6,10H,5H2,1-2H3,(H,19,20). The third-order valence-corrected chi connectivity index (χ3v) is 2.69. The van der Waals surface area contributed by atoms with Crippen molar-refractivity contribution in [3.05, 3.63) is 29.3 Å². The third kappa shape index (κ3) is 2.65. The minimum absolute atomic E-state index is 0.0559. The highest BCUT2D eigenvalue weighted by Crippen LogP contribution is 2.22. The van der Waals surface area contributed by atoms with Crippen LogP contribution in [-0.4, -0.2) is 35.9 Å². The lowest BCUT2D eigenvalue weighted by Gasteiger charge is -2.05. The molecule has 2 aromatic heterocycles. The van der Waals surface area contributed by atoms with Gasteiger partial charge in [-0.1, -0.05) is 5.21 Å². The molecule has 0 amide bonds. The molecular weight excluding hydrogens is 272 g/mol. The van der Waals surface area contributed by atoms with Gasteiger partial charge in [-0.2, -0.15) is 5.10 Å². The van der Waals surface area contributed by atoms with Gasteiger partial charge in [-0.05, 0) is 19.9 Å². The third-order valence-electron chi connectivity index (χ3n) is 2.69. The van der Waals surface area contributed by atoms with Gasteiger partial charge in [0, 0.05) is 12.2 Å². The summed E-state index contributed by atoms with van der Waals surface area (Å²) in [6, 6.07) is 1.81. The van der Waals surface area contributed by atoms with Gasteiger partial charge < -0.3 is 5.11 Å². The van der Waals surface area contributed by atoms with Crippen LogP contribution < -0.4 is 0 Å². The fourth-order valence-corrected chi connectivity index (χ4v) is 1.71. The number of alkyl halides is 2. The molecule has 7 nitrogen and oxygen atoms in total. The molecule has 0 radical (unpaired) electrons. The lowest BCUT2D eigenvalue weighted by atomic mass is 10.3. The fraction of sp³-hybridized carbons (Fsp3) is 0.455. The Labute approximate surface area is 112 Å². The van der Waals surface area contributed by atoms with Crippen molar-refractivity contribution in [3.8, 4) is 0 Å². The predicted molar refractivity (Wildman–Crippen MR) is 63.7 cm³/mol. The molecular formula is C11H13F2N5O2. The van der Waals surface area contributed by atoms with E-state index in [1.807, 2.05) is 13.8 Å². The summed E-state index contributed by atoms with van der Waals surface area (Å²) in [6.07, 6.45) is -1.25. The molecule has 0 unspecified atom stereocenters. The zero-order valence-corrected chi connectivity index (χ0v) is 10.9. The zero-order valence-electron chi connectivity index (χ0n) is 10.9. The van der Waals surface area contributed by atoms with Crippen molar-refractivity contribution in [2.24, 2.45) is 0 Å². The lowest BCUT2D eigenvalue weighted by molar-refractivity contribution is 0.0675. The van der Waals surface area contributed by atoms with Crippen molar-refractivity contribution in [1.82, 2.24) is 24.8 Å². The van der Waals surface area contributed by atoms with Crippen LogP contribution >= 0.6 is 0 Å². The number of rotatable bonds is 5. The molecule has 2 heterocycles. The van der Waals surface area contributed by atoms with Crippen molar-refractivity contribution in [2.45, 2.75) is 32.9 Å². The van der Waals surface area contributed by atoms with E-state index in [2.05, 4.69) is 15.4 Å². The van der Waals surface area contributed by atoms with Crippen LogP contribution in [0.3, 0.4) is 0 Å². The van der Waals surface area contributed by atoms with Crippen molar-refractivity contribution in [1.29, 1.82) is 0 Å². The minimum Gasteiger partial charge on any atom is -0.476 e. The summed E-state index contributed by atoms with van der Waals surface area (Å²) in [7, 11) is 0. The molecule has 9 heteroatoms. The first-order chi connectivity index (χ1) is 9.40. The van der Waals surface area contributed by atoms with Gasteiger partial charge in [-0.15, -0.1) is 5.10 Å². The number of carboxylic acids is 1. The normalized spacial score (nSPS) is 11.5. The van der Waals surface area contributed by atoms with Gasteiger partial charge in [0.25, 0.3) is 6.43 Å². The SMILES string of the molecule is CC(C)n1ccc(Cn2nnc(C(=O)O)c2C(F)F)n1. The molecule has 0 fully saturated rings. The molecule has 2 aromatic rings. The maximum absolute atomic E-state index is 12.9. The summed E-state index contributed by atoms with van der Waals surface area (Å²) in [5.41, 5.74) is -0.942. The molecule has 2 rings (SSSR count). The van der Waals surface area contributed by atoms with E-state index < -0.39 is 23.8 Å². The van der Waals surface area contributed by atoms with Crippen LogP contribution in [0.25, 0.3) is 0 Å². The second-order valence-electron chi connectivity index (χ2n) is 4.47. The van der Waals surface area contributed by atoms with E-state index in [-0.39, 0.29) is 12.6 Å². The molecule has 0 atom stereocenters. The number of aromatic carboxylic acids is 1. The monoisotopic (exact) mass is 285 g/mol. The number of hydrogen-bond donors (Lipinski definition) is 1. The Morgan fingerprint density at radius 2 is 2.15 bits per heavy atom. The highest BCUT2D eigenvalue weighted by Gasteiger charge is 2.26. The number of carboxylic acid groups (broad SMARTS) is 1. The van der Waals surface area contributed by atoms with Gasteiger partial charge in [0.2, 0.25) is 0 Å². The van der Waals surface area contributed by atoms with Crippen LogP contribution in [0.1, 0.15) is 48.2 Å². The number of hydrogen-bond acceptors (Lipinski definition) is 4. The molecule has 0 bridgehead atoms. The van der Waals surface area contributed by atoms with Crippen LogP contribution in [0.15, 0.2) is 12.3 Å². The van der Waals surface area contributed by atoms with Crippen LogP contribution in [0.2, 0.25) is 0 Å². The number of aromatic nitrogens is 5. The molecule has 20 heavy (non-hydrogen) atoms. The minimum atomic E-state index is -2.97. The van der Waals surface area contributed by atoms with E-state index >= 15 is 0 Å². The molecule has 108 valence electrons. The van der Waals surface area contributed by atoms with Crippen molar-refractivity contribution < 1.29 is 18.7 Å². The lowest BCUT2D eigenvalue weighted by Crippen LogP contribution is -2.11. The quantitative estimate of drug-likeness (QED) is 0.904.